The predicted molar refractivity (Wildman–Crippen MR) is 176 cm³/mol. The summed E-state index contributed by atoms with van der Waals surface area (Å²) in [5.74, 6) is 1.54. The molecule has 0 fully saturated rings. The molecule has 0 saturated heterocycles. The van der Waals surface area contributed by atoms with Crippen LogP contribution in [0.15, 0.2) is 54.6 Å². The van der Waals surface area contributed by atoms with Crippen LogP contribution >= 0.6 is 11.3 Å². The minimum atomic E-state index is -0.242. The van der Waals surface area contributed by atoms with Crippen molar-refractivity contribution in [2.45, 2.75) is 44.6 Å². The SMILES string of the molecule is COc1cc2cc(c1OC)-c1ccc3c(c1)C(CCO3)NC(=O)CCN(C(=O)CCc1nc3ccccc3s1)CCNC(=O)CC2. The van der Waals surface area contributed by atoms with E-state index >= 15 is 0 Å². The molecule has 1 unspecified atom stereocenters. The van der Waals surface area contributed by atoms with Crippen LogP contribution in [0.3, 0.4) is 0 Å². The molecule has 46 heavy (non-hydrogen) atoms. The molecule has 1 atom stereocenters. The van der Waals surface area contributed by atoms with Crippen LogP contribution in [0, 0.1) is 0 Å². The van der Waals surface area contributed by atoms with E-state index in [2.05, 4.69) is 15.6 Å². The first-order valence-electron chi connectivity index (χ1n) is 15.6. The lowest BCUT2D eigenvalue weighted by molar-refractivity contribution is -0.132. The zero-order chi connectivity index (χ0) is 32.0. The van der Waals surface area contributed by atoms with Gasteiger partial charge in [-0.3, -0.25) is 14.4 Å². The van der Waals surface area contributed by atoms with Gasteiger partial charge in [-0.1, -0.05) is 18.2 Å². The van der Waals surface area contributed by atoms with Crippen molar-refractivity contribution in [1.82, 2.24) is 20.5 Å². The fraction of sp³-hybridized carbons (Fsp3) is 0.371. The first-order chi connectivity index (χ1) is 22.4. The summed E-state index contributed by atoms with van der Waals surface area (Å²) in [5, 5.41) is 7.03. The molecule has 2 aliphatic heterocycles. The number of fused-ring (bicyclic) bond motifs is 5. The van der Waals surface area contributed by atoms with E-state index in [1.807, 2.05) is 54.6 Å². The maximum Gasteiger partial charge on any atom is 0.223 e. The molecule has 2 aliphatic rings. The zero-order valence-electron chi connectivity index (χ0n) is 26.1. The summed E-state index contributed by atoms with van der Waals surface area (Å²) in [6.45, 7) is 1.33. The van der Waals surface area contributed by atoms with E-state index in [1.54, 1.807) is 30.5 Å². The Morgan fingerprint density at radius 3 is 2.72 bits per heavy atom. The van der Waals surface area contributed by atoms with E-state index in [9.17, 15) is 14.4 Å². The van der Waals surface area contributed by atoms with Crippen molar-refractivity contribution in [1.29, 1.82) is 0 Å². The molecular weight excluding hydrogens is 604 g/mol. The highest BCUT2D eigenvalue weighted by Crippen LogP contribution is 2.42. The number of benzene rings is 3. The Hall–Kier alpha value is -4.64. The maximum atomic E-state index is 13.4. The number of amides is 3. The van der Waals surface area contributed by atoms with Gasteiger partial charge < -0.3 is 29.7 Å². The van der Waals surface area contributed by atoms with E-state index in [1.165, 1.54) is 0 Å². The van der Waals surface area contributed by atoms with Gasteiger partial charge in [0.15, 0.2) is 11.5 Å². The maximum absolute atomic E-state index is 13.4. The molecule has 3 aromatic carbocycles. The largest absolute Gasteiger partial charge is 0.493 e. The van der Waals surface area contributed by atoms with Crippen molar-refractivity contribution >= 4 is 39.3 Å². The monoisotopic (exact) mass is 642 g/mol. The van der Waals surface area contributed by atoms with Crippen LogP contribution in [0.25, 0.3) is 21.3 Å². The van der Waals surface area contributed by atoms with Gasteiger partial charge in [-0.05, 0) is 53.9 Å². The summed E-state index contributed by atoms with van der Waals surface area (Å²) in [6, 6.07) is 17.5. The van der Waals surface area contributed by atoms with Crippen LogP contribution in [-0.4, -0.2) is 68.1 Å². The molecule has 11 heteroatoms. The topological polar surface area (TPSA) is 119 Å². The second-order valence-corrected chi connectivity index (χ2v) is 12.6. The number of methoxy groups -OCH3 is 2. The smallest absolute Gasteiger partial charge is 0.223 e. The van der Waals surface area contributed by atoms with Gasteiger partial charge in [0.1, 0.15) is 5.75 Å². The summed E-state index contributed by atoms with van der Waals surface area (Å²) in [4.78, 5) is 45.9. The van der Waals surface area contributed by atoms with Crippen molar-refractivity contribution in [3.05, 3.63) is 70.7 Å². The molecule has 1 aromatic heterocycles. The summed E-state index contributed by atoms with van der Waals surface area (Å²) in [6.07, 6.45) is 2.31. The number of nitrogens with zero attached hydrogens (tertiary/aromatic N) is 2. The second-order valence-electron chi connectivity index (χ2n) is 11.4. The molecule has 6 rings (SSSR count). The minimum Gasteiger partial charge on any atom is -0.493 e. The van der Waals surface area contributed by atoms with Crippen LogP contribution in [0.4, 0.5) is 0 Å². The van der Waals surface area contributed by atoms with E-state index in [4.69, 9.17) is 14.2 Å². The van der Waals surface area contributed by atoms with Crippen LogP contribution < -0.4 is 24.8 Å². The number of carbonyl (C=O) groups excluding carboxylic acids is 3. The Bertz CT molecular complexity index is 1720. The van der Waals surface area contributed by atoms with Crippen molar-refractivity contribution in [2.75, 3.05) is 40.5 Å². The molecular formula is C35H38N4O6S. The molecule has 10 nitrogen and oxygen atoms in total. The highest BCUT2D eigenvalue weighted by atomic mass is 32.1. The molecule has 0 spiro atoms. The third kappa shape index (κ3) is 7.09. The Kier molecular flexibility index (Phi) is 9.68. The van der Waals surface area contributed by atoms with Gasteiger partial charge in [0, 0.05) is 62.9 Å². The first kappa shape index (κ1) is 31.3. The number of hydrogen-bond acceptors (Lipinski definition) is 8. The molecule has 240 valence electrons. The van der Waals surface area contributed by atoms with Gasteiger partial charge in [-0.25, -0.2) is 4.98 Å². The summed E-state index contributed by atoms with van der Waals surface area (Å²) < 4.78 is 18.5. The van der Waals surface area contributed by atoms with Crippen LogP contribution in [-0.2, 0) is 27.2 Å². The Morgan fingerprint density at radius 1 is 1.02 bits per heavy atom. The number of ether oxygens (including phenoxy) is 3. The number of rotatable bonds is 5. The molecule has 0 aliphatic carbocycles. The fourth-order valence-corrected chi connectivity index (χ4v) is 7.00. The third-order valence-corrected chi connectivity index (χ3v) is 9.53. The summed E-state index contributed by atoms with van der Waals surface area (Å²) >= 11 is 1.59. The third-order valence-electron chi connectivity index (χ3n) is 8.43. The zero-order valence-corrected chi connectivity index (χ0v) is 26.9. The van der Waals surface area contributed by atoms with Crippen LogP contribution in [0.1, 0.15) is 47.9 Å². The van der Waals surface area contributed by atoms with Crippen LogP contribution in [0.5, 0.6) is 17.2 Å². The minimum absolute atomic E-state index is 0.0744. The standard InChI is InChI=1S/C35H38N4O6S/c1-43-29-20-22-7-10-31(40)36-15-17-39(34(42)12-11-33-38-27-5-3-4-6-30(27)46-33)16-13-32(41)37-26-14-18-45-28-9-8-23(21-25(26)28)24(19-22)35(29)44-2/h3-6,8-9,19-21,26H,7,10-18H2,1-2H3,(H,36,40)(H,37,41). The van der Waals surface area contributed by atoms with Crippen molar-refractivity contribution in [2.24, 2.45) is 0 Å². The Labute approximate surface area is 272 Å². The van der Waals surface area contributed by atoms with Gasteiger partial charge in [-0.15, -0.1) is 11.3 Å². The number of para-hydroxylation sites is 1. The van der Waals surface area contributed by atoms with E-state index in [-0.39, 0.29) is 49.6 Å². The lowest BCUT2D eigenvalue weighted by Gasteiger charge is -2.28. The van der Waals surface area contributed by atoms with E-state index in [0.717, 1.165) is 43.2 Å². The molecule has 3 heterocycles. The molecule has 4 bridgehead atoms. The summed E-state index contributed by atoms with van der Waals surface area (Å²) in [7, 11) is 3.20. The molecule has 3 amide bonds. The normalized spacial score (nSPS) is 17.3. The van der Waals surface area contributed by atoms with Gasteiger partial charge in [0.25, 0.3) is 0 Å². The average molecular weight is 643 g/mol. The van der Waals surface area contributed by atoms with Gasteiger partial charge in [0.05, 0.1) is 42.1 Å². The van der Waals surface area contributed by atoms with E-state index < -0.39 is 0 Å². The van der Waals surface area contributed by atoms with Crippen LogP contribution in [0.2, 0.25) is 0 Å². The Balaban J connectivity index is 1.24. The molecule has 4 aromatic rings. The highest BCUT2D eigenvalue weighted by molar-refractivity contribution is 7.18. The van der Waals surface area contributed by atoms with Gasteiger partial charge >= 0.3 is 0 Å². The lowest BCUT2D eigenvalue weighted by atomic mass is 9.93. The molecule has 0 saturated carbocycles. The fourth-order valence-electron chi connectivity index (χ4n) is 6.03. The highest BCUT2D eigenvalue weighted by Gasteiger charge is 2.26. The number of aryl methyl sites for hydroxylation is 2. The van der Waals surface area contributed by atoms with Crippen molar-refractivity contribution in [3.8, 4) is 28.4 Å². The van der Waals surface area contributed by atoms with Crippen molar-refractivity contribution in [3.63, 3.8) is 0 Å². The molecule has 2 N–H and O–H groups in total. The lowest BCUT2D eigenvalue weighted by Crippen LogP contribution is -2.41. The number of thiazole rings is 1. The number of carbonyl (C=O) groups is 3. The quantitative estimate of drug-likeness (QED) is 0.320. The number of aromatic nitrogens is 1. The van der Waals surface area contributed by atoms with Gasteiger partial charge in [-0.2, -0.15) is 0 Å². The van der Waals surface area contributed by atoms with Crippen molar-refractivity contribution < 1.29 is 28.6 Å². The molecule has 0 radical (unpaired) electrons. The predicted octanol–water partition coefficient (Wildman–Crippen LogP) is 4.83. The van der Waals surface area contributed by atoms with E-state index in [0.29, 0.717) is 50.5 Å². The number of nitrogens with one attached hydrogen (secondary N) is 2. The Morgan fingerprint density at radius 2 is 1.89 bits per heavy atom. The summed E-state index contributed by atoms with van der Waals surface area (Å²) in [5.41, 5.74) is 4.45. The first-order valence-corrected chi connectivity index (χ1v) is 16.4. The average Bonchev–Trinajstić information content (AvgIpc) is 3.50. The second kappa shape index (κ2) is 14.2. The van der Waals surface area contributed by atoms with Gasteiger partial charge in [0.2, 0.25) is 17.7 Å². The number of hydrogen-bond donors (Lipinski definition) is 2.